The highest BCUT2D eigenvalue weighted by Crippen LogP contribution is 2.27. The molecular weight excluding hydrogens is 232 g/mol. The van der Waals surface area contributed by atoms with Crippen molar-refractivity contribution in [3.63, 3.8) is 0 Å². The van der Waals surface area contributed by atoms with Gasteiger partial charge < -0.3 is 10.1 Å². The molecule has 0 amide bonds. The van der Waals surface area contributed by atoms with Crippen LogP contribution in [0.5, 0.6) is 0 Å². The predicted octanol–water partition coefficient (Wildman–Crippen LogP) is 2.62. The first-order valence-electron chi connectivity index (χ1n) is 6.46. The number of aromatic nitrogens is 1. The predicted molar refractivity (Wildman–Crippen MR) is 71.5 cm³/mol. The van der Waals surface area contributed by atoms with Gasteiger partial charge in [-0.05, 0) is 26.2 Å². The van der Waals surface area contributed by atoms with Gasteiger partial charge in [0.15, 0.2) is 0 Å². The molecule has 2 atom stereocenters. The molecule has 2 rings (SSSR count). The number of rotatable bonds is 5. The van der Waals surface area contributed by atoms with E-state index in [-0.39, 0.29) is 5.60 Å². The van der Waals surface area contributed by atoms with Gasteiger partial charge in [0, 0.05) is 31.0 Å². The minimum Gasteiger partial charge on any atom is -0.375 e. The number of hydrogen-bond acceptors (Lipinski definition) is 4. The Morgan fingerprint density at radius 1 is 1.65 bits per heavy atom. The Labute approximate surface area is 108 Å². The fourth-order valence-corrected chi connectivity index (χ4v) is 2.91. The lowest BCUT2D eigenvalue weighted by molar-refractivity contribution is -0.0778. The molecule has 3 nitrogen and oxygen atoms in total. The SMILES string of the molecule is CCC1(C)CC(NCCc2cscn2)CCO1. The third-order valence-electron chi connectivity index (χ3n) is 3.64. The Morgan fingerprint density at radius 3 is 3.24 bits per heavy atom. The van der Waals surface area contributed by atoms with Crippen LogP contribution in [0, 0.1) is 0 Å². The van der Waals surface area contributed by atoms with Crippen molar-refractivity contribution in [2.75, 3.05) is 13.2 Å². The van der Waals surface area contributed by atoms with Crippen LogP contribution in [-0.4, -0.2) is 29.8 Å². The van der Waals surface area contributed by atoms with Crippen molar-refractivity contribution >= 4 is 11.3 Å². The Balaban J connectivity index is 1.72. The van der Waals surface area contributed by atoms with Crippen molar-refractivity contribution in [3.8, 4) is 0 Å². The van der Waals surface area contributed by atoms with E-state index in [0.717, 1.165) is 38.8 Å². The van der Waals surface area contributed by atoms with Crippen molar-refractivity contribution < 1.29 is 4.74 Å². The van der Waals surface area contributed by atoms with E-state index in [1.165, 1.54) is 5.69 Å². The van der Waals surface area contributed by atoms with Gasteiger partial charge in [-0.15, -0.1) is 11.3 Å². The maximum absolute atomic E-state index is 5.85. The van der Waals surface area contributed by atoms with Crippen LogP contribution in [0.15, 0.2) is 10.9 Å². The normalized spacial score (nSPS) is 29.4. The van der Waals surface area contributed by atoms with Crippen LogP contribution < -0.4 is 5.32 Å². The molecule has 1 N–H and O–H groups in total. The number of thiazole rings is 1. The maximum Gasteiger partial charge on any atom is 0.0794 e. The number of hydrogen-bond donors (Lipinski definition) is 1. The average Bonchev–Trinajstić information content (AvgIpc) is 2.82. The molecule has 1 saturated heterocycles. The second-order valence-electron chi connectivity index (χ2n) is 5.03. The lowest BCUT2D eigenvalue weighted by Crippen LogP contribution is -2.45. The first kappa shape index (κ1) is 13.0. The molecule has 0 spiro atoms. The number of nitrogens with zero attached hydrogens (tertiary/aromatic N) is 1. The standard InChI is InChI=1S/C13H22N2OS/c1-3-13(2)8-11(5-7-16-13)14-6-4-12-9-17-10-15-12/h9-11,14H,3-8H2,1-2H3. The summed E-state index contributed by atoms with van der Waals surface area (Å²) < 4.78 is 5.85. The molecule has 2 unspecified atom stereocenters. The Kier molecular flexibility index (Phi) is 4.54. The van der Waals surface area contributed by atoms with Crippen LogP contribution in [0.25, 0.3) is 0 Å². The van der Waals surface area contributed by atoms with Gasteiger partial charge >= 0.3 is 0 Å². The molecule has 1 aliphatic heterocycles. The third-order valence-corrected chi connectivity index (χ3v) is 4.28. The van der Waals surface area contributed by atoms with Gasteiger partial charge in [0.05, 0.1) is 16.8 Å². The molecule has 96 valence electrons. The topological polar surface area (TPSA) is 34.2 Å². The molecule has 0 saturated carbocycles. The quantitative estimate of drug-likeness (QED) is 0.877. The van der Waals surface area contributed by atoms with Crippen molar-refractivity contribution in [2.45, 2.75) is 51.2 Å². The highest BCUT2D eigenvalue weighted by molar-refractivity contribution is 7.07. The largest absolute Gasteiger partial charge is 0.375 e. The van der Waals surface area contributed by atoms with Crippen LogP contribution in [0.3, 0.4) is 0 Å². The Hall–Kier alpha value is -0.450. The molecule has 1 fully saturated rings. The molecule has 1 aromatic rings. The van der Waals surface area contributed by atoms with E-state index in [2.05, 4.69) is 29.5 Å². The second kappa shape index (κ2) is 5.94. The second-order valence-corrected chi connectivity index (χ2v) is 5.74. The van der Waals surface area contributed by atoms with Gasteiger partial charge in [0.1, 0.15) is 0 Å². The van der Waals surface area contributed by atoms with E-state index in [0.29, 0.717) is 6.04 Å². The van der Waals surface area contributed by atoms with E-state index >= 15 is 0 Å². The zero-order chi connectivity index (χ0) is 12.1. The first-order chi connectivity index (χ1) is 8.22. The van der Waals surface area contributed by atoms with Crippen LogP contribution in [0.4, 0.5) is 0 Å². The molecule has 4 heteroatoms. The molecular formula is C13H22N2OS. The molecule has 2 heterocycles. The van der Waals surface area contributed by atoms with Crippen LogP contribution >= 0.6 is 11.3 Å². The van der Waals surface area contributed by atoms with Crippen molar-refractivity contribution in [2.24, 2.45) is 0 Å². The molecule has 0 radical (unpaired) electrons. The van der Waals surface area contributed by atoms with E-state index in [9.17, 15) is 0 Å². The van der Waals surface area contributed by atoms with Gasteiger partial charge in [-0.3, -0.25) is 0 Å². The summed E-state index contributed by atoms with van der Waals surface area (Å²) in [6, 6.07) is 0.604. The smallest absolute Gasteiger partial charge is 0.0794 e. The summed E-state index contributed by atoms with van der Waals surface area (Å²) in [5.41, 5.74) is 3.18. The van der Waals surface area contributed by atoms with E-state index in [4.69, 9.17) is 4.74 Å². The monoisotopic (exact) mass is 254 g/mol. The molecule has 1 aromatic heterocycles. The summed E-state index contributed by atoms with van der Waals surface area (Å²) in [6.07, 6.45) is 4.38. The summed E-state index contributed by atoms with van der Waals surface area (Å²) in [6.45, 7) is 6.34. The molecule has 0 aliphatic carbocycles. The van der Waals surface area contributed by atoms with Crippen molar-refractivity contribution in [1.29, 1.82) is 0 Å². The average molecular weight is 254 g/mol. The van der Waals surface area contributed by atoms with Crippen molar-refractivity contribution in [1.82, 2.24) is 10.3 Å². The third kappa shape index (κ3) is 3.76. The van der Waals surface area contributed by atoms with Crippen LogP contribution in [0.1, 0.15) is 38.8 Å². The summed E-state index contributed by atoms with van der Waals surface area (Å²) in [7, 11) is 0. The number of ether oxygens (including phenoxy) is 1. The van der Waals surface area contributed by atoms with Crippen molar-refractivity contribution in [3.05, 3.63) is 16.6 Å². The molecule has 17 heavy (non-hydrogen) atoms. The highest BCUT2D eigenvalue weighted by Gasteiger charge is 2.31. The first-order valence-corrected chi connectivity index (χ1v) is 7.40. The van der Waals surface area contributed by atoms with E-state index in [1.807, 2.05) is 5.51 Å². The highest BCUT2D eigenvalue weighted by atomic mass is 32.1. The summed E-state index contributed by atoms with van der Waals surface area (Å²) in [4.78, 5) is 4.30. The summed E-state index contributed by atoms with van der Waals surface area (Å²) in [5, 5.41) is 5.76. The van der Waals surface area contributed by atoms with E-state index < -0.39 is 0 Å². The van der Waals surface area contributed by atoms with Crippen LogP contribution in [0.2, 0.25) is 0 Å². The van der Waals surface area contributed by atoms with E-state index in [1.54, 1.807) is 11.3 Å². The minimum atomic E-state index is 0.0799. The van der Waals surface area contributed by atoms with Gasteiger partial charge in [-0.2, -0.15) is 0 Å². The van der Waals surface area contributed by atoms with Gasteiger partial charge in [0.2, 0.25) is 0 Å². The molecule has 1 aliphatic rings. The molecule has 0 aromatic carbocycles. The molecule has 0 bridgehead atoms. The van der Waals surface area contributed by atoms with Crippen LogP contribution in [-0.2, 0) is 11.2 Å². The lowest BCUT2D eigenvalue weighted by atomic mass is 9.90. The summed E-state index contributed by atoms with van der Waals surface area (Å²) >= 11 is 1.67. The van der Waals surface area contributed by atoms with Gasteiger partial charge in [0.25, 0.3) is 0 Å². The van der Waals surface area contributed by atoms with Gasteiger partial charge in [-0.1, -0.05) is 6.92 Å². The summed E-state index contributed by atoms with van der Waals surface area (Å²) in [5.74, 6) is 0. The Bertz CT molecular complexity index is 328. The Morgan fingerprint density at radius 2 is 2.53 bits per heavy atom. The maximum atomic E-state index is 5.85. The minimum absolute atomic E-state index is 0.0799. The number of nitrogens with one attached hydrogen (secondary N) is 1. The zero-order valence-electron chi connectivity index (χ0n) is 10.7. The zero-order valence-corrected chi connectivity index (χ0v) is 11.6. The fourth-order valence-electron chi connectivity index (χ4n) is 2.32. The fraction of sp³-hybridized carbons (Fsp3) is 0.769. The lowest BCUT2D eigenvalue weighted by Gasteiger charge is -2.38. The van der Waals surface area contributed by atoms with Gasteiger partial charge in [-0.25, -0.2) is 4.98 Å².